The zero-order valence-corrected chi connectivity index (χ0v) is 15.2. The standard InChI is InChI=1S/C19H28N2O5/c1-2-3-4-5-6-7-8-9-10-14-12-21(19(25)20-18(14)24)17-11-15(23)16(13-22)26-17/h12,15-17,22-23H,2-8,11,13H2,1H3,(H,20,24,25)/t15-,16+,17+/m0/s1. The third kappa shape index (κ3) is 5.56. The van der Waals surface area contributed by atoms with Crippen LogP contribution >= 0.6 is 0 Å². The zero-order chi connectivity index (χ0) is 18.9. The number of hydrogen-bond acceptors (Lipinski definition) is 5. The van der Waals surface area contributed by atoms with Crippen LogP contribution < -0.4 is 11.2 Å². The molecular weight excluding hydrogens is 336 g/mol. The summed E-state index contributed by atoms with van der Waals surface area (Å²) in [7, 11) is 0. The Kier molecular flexibility index (Phi) is 8.10. The third-order valence-electron chi connectivity index (χ3n) is 4.54. The predicted octanol–water partition coefficient (Wildman–Crippen LogP) is 1.28. The molecule has 1 aliphatic rings. The minimum absolute atomic E-state index is 0.168. The SMILES string of the molecule is CCCCCCCCC#Cc1cn([C@H]2C[C@H](O)[C@@H](CO)O2)c(=O)[nH]c1=O. The van der Waals surface area contributed by atoms with E-state index in [1.165, 1.54) is 36.4 Å². The number of H-pyrrole nitrogens is 1. The van der Waals surface area contributed by atoms with Gasteiger partial charge in [0.15, 0.2) is 0 Å². The molecule has 144 valence electrons. The monoisotopic (exact) mass is 364 g/mol. The van der Waals surface area contributed by atoms with E-state index in [1.807, 2.05) is 0 Å². The number of aliphatic hydroxyl groups is 2. The van der Waals surface area contributed by atoms with Crippen LogP contribution in [0.4, 0.5) is 0 Å². The Morgan fingerprint density at radius 2 is 2.00 bits per heavy atom. The molecule has 0 aliphatic carbocycles. The van der Waals surface area contributed by atoms with Crippen LogP contribution in [-0.2, 0) is 4.74 Å². The van der Waals surface area contributed by atoms with Crippen molar-refractivity contribution in [3.63, 3.8) is 0 Å². The van der Waals surface area contributed by atoms with E-state index >= 15 is 0 Å². The Morgan fingerprint density at radius 3 is 2.69 bits per heavy atom. The first kappa shape index (κ1) is 20.4. The van der Waals surface area contributed by atoms with Crippen LogP contribution in [0.25, 0.3) is 0 Å². The summed E-state index contributed by atoms with van der Waals surface area (Å²) in [5, 5.41) is 19.0. The van der Waals surface area contributed by atoms with Gasteiger partial charge in [-0.05, 0) is 6.42 Å². The average Bonchev–Trinajstić information content (AvgIpc) is 2.99. The van der Waals surface area contributed by atoms with Crippen molar-refractivity contribution in [3.8, 4) is 11.8 Å². The van der Waals surface area contributed by atoms with Crippen molar-refractivity contribution >= 4 is 0 Å². The lowest BCUT2D eigenvalue weighted by Crippen LogP contribution is -2.33. The molecule has 7 heteroatoms. The second-order valence-corrected chi connectivity index (χ2v) is 6.64. The molecule has 1 aromatic rings. The highest BCUT2D eigenvalue weighted by Gasteiger charge is 2.35. The molecule has 2 heterocycles. The second kappa shape index (κ2) is 10.3. The van der Waals surface area contributed by atoms with Gasteiger partial charge >= 0.3 is 5.69 Å². The van der Waals surface area contributed by atoms with Gasteiger partial charge in [0.1, 0.15) is 17.9 Å². The third-order valence-corrected chi connectivity index (χ3v) is 4.54. The largest absolute Gasteiger partial charge is 0.394 e. The predicted molar refractivity (Wildman–Crippen MR) is 97.8 cm³/mol. The van der Waals surface area contributed by atoms with Crippen molar-refractivity contribution in [1.82, 2.24) is 9.55 Å². The number of aromatic nitrogens is 2. The van der Waals surface area contributed by atoms with E-state index < -0.39 is 29.7 Å². The summed E-state index contributed by atoms with van der Waals surface area (Å²) in [6.07, 6.45) is 6.97. The van der Waals surface area contributed by atoms with Gasteiger partial charge in [-0.1, -0.05) is 50.9 Å². The van der Waals surface area contributed by atoms with Crippen LogP contribution in [0, 0.1) is 11.8 Å². The number of aromatic amines is 1. The summed E-state index contributed by atoms with van der Waals surface area (Å²) in [6, 6.07) is 0. The van der Waals surface area contributed by atoms with E-state index in [-0.39, 0.29) is 18.6 Å². The van der Waals surface area contributed by atoms with Crippen molar-refractivity contribution in [3.05, 3.63) is 32.6 Å². The smallest absolute Gasteiger partial charge is 0.330 e. The summed E-state index contributed by atoms with van der Waals surface area (Å²) >= 11 is 0. The fourth-order valence-electron chi connectivity index (χ4n) is 2.99. The molecule has 26 heavy (non-hydrogen) atoms. The number of aliphatic hydroxyl groups excluding tert-OH is 2. The molecule has 2 rings (SSSR count). The van der Waals surface area contributed by atoms with Gasteiger partial charge in [0.05, 0.1) is 12.7 Å². The topological polar surface area (TPSA) is 105 Å². The Bertz CT molecular complexity index is 743. The van der Waals surface area contributed by atoms with E-state index in [0.29, 0.717) is 6.42 Å². The summed E-state index contributed by atoms with van der Waals surface area (Å²) in [5.41, 5.74) is -0.952. The molecule has 3 N–H and O–H groups in total. The van der Waals surface area contributed by atoms with Crippen LogP contribution in [0.2, 0.25) is 0 Å². The fraction of sp³-hybridized carbons (Fsp3) is 0.684. The fourth-order valence-corrected chi connectivity index (χ4v) is 2.99. The quantitative estimate of drug-likeness (QED) is 0.476. The Hall–Kier alpha value is -1.88. The highest BCUT2D eigenvalue weighted by Crippen LogP contribution is 2.27. The molecule has 0 spiro atoms. The molecule has 1 fully saturated rings. The normalized spacial score (nSPS) is 22.2. The van der Waals surface area contributed by atoms with Crippen molar-refractivity contribution in [2.75, 3.05) is 6.61 Å². The van der Waals surface area contributed by atoms with E-state index in [2.05, 4.69) is 23.7 Å². The molecular formula is C19H28N2O5. The Morgan fingerprint density at radius 1 is 1.27 bits per heavy atom. The molecule has 3 atom stereocenters. The van der Waals surface area contributed by atoms with Crippen molar-refractivity contribution in [2.45, 2.75) is 76.7 Å². The molecule has 1 aromatic heterocycles. The summed E-state index contributed by atoms with van der Waals surface area (Å²) in [6.45, 7) is 1.85. The van der Waals surface area contributed by atoms with Gasteiger partial charge < -0.3 is 14.9 Å². The van der Waals surface area contributed by atoms with Crippen LogP contribution in [0.1, 0.15) is 70.1 Å². The number of hydrogen-bond donors (Lipinski definition) is 3. The van der Waals surface area contributed by atoms with Gasteiger partial charge in [0.2, 0.25) is 0 Å². The first-order valence-corrected chi connectivity index (χ1v) is 9.35. The molecule has 0 radical (unpaired) electrons. The van der Waals surface area contributed by atoms with Crippen LogP contribution in [0.15, 0.2) is 15.8 Å². The van der Waals surface area contributed by atoms with E-state index in [0.717, 1.165) is 12.8 Å². The van der Waals surface area contributed by atoms with Crippen LogP contribution in [0.3, 0.4) is 0 Å². The maximum absolute atomic E-state index is 12.0. The highest BCUT2D eigenvalue weighted by atomic mass is 16.5. The van der Waals surface area contributed by atoms with Crippen molar-refractivity contribution in [2.24, 2.45) is 0 Å². The molecule has 0 saturated carbocycles. The molecule has 7 nitrogen and oxygen atoms in total. The second-order valence-electron chi connectivity index (χ2n) is 6.64. The van der Waals surface area contributed by atoms with Gasteiger partial charge in [-0.15, -0.1) is 0 Å². The van der Waals surface area contributed by atoms with Crippen LogP contribution in [0.5, 0.6) is 0 Å². The number of ether oxygens (including phenoxy) is 1. The lowest BCUT2D eigenvalue weighted by atomic mass is 10.1. The minimum atomic E-state index is -0.855. The van der Waals surface area contributed by atoms with E-state index in [4.69, 9.17) is 9.84 Å². The van der Waals surface area contributed by atoms with Gasteiger partial charge in [-0.25, -0.2) is 4.79 Å². The van der Waals surface area contributed by atoms with E-state index in [9.17, 15) is 14.7 Å². The Labute approximate surface area is 153 Å². The van der Waals surface area contributed by atoms with E-state index in [1.54, 1.807) is 0 Å². The van der Waals surface area contributed by atoms with Crippen molar-refractivity contribution < 1.29 is 14.9 Å². The number of unbranched alkanes of at least 4 members (excludes halogenated alkanes) is 6. The van der Waals surface area contributed by atoms with Gasteiger partial charge in [0.25, 0.3) is 5.56 Å². The maximum atomic E-state index is 12.0. The number of nitrogens with one attached hydrogen (secondary N) is 1. The van der Waals surface area contributed by atoms with Crippen molar-refractivity contribution in [1.29, 1.82) is 0 Å². The minimum Gasteiger partial charge on any atom is -0.394 e. The molecule has 0 amide bonds. The summed E-state index contributed by atoms with van der Waals surface area (Å²) < 4.78 is 6.68. The molecule has 0 aromatic carbocycles. The number of nitrogens with zero attached hydrogens (tertiary/aromatic N) is 1. The highest BCUT2D eigenvalue weighted by molar-refractivity contribution is 5.29. The molecule has 1 saturated heterocycles. The summed E-state index contributed by atoms with van der Waals surface area (Å²) in [5.74, 6) is 5.81. The molecule has 0 bridgehead atoms. The zero-order valence-electron chi connectivity index (χ0n) is 15.2. The average molecular weight is 364 g/mol. The maximum Gasteiger partial charge on any atom is 0.330 e. The molecule has 0 unspecified atom stereocenters. The van der Waals surface area contributed by atoms with Gasteiger partial charge in [0, 0.05) is 19.0 Å². The van der Waals surface area contributed by atoms with Gasteiger partial charge in [-0.2, -0.15) is 0 Å². The lowest BCUT2D eigenvalue weighted by Gasteiger charge is -2.14. The summed E-state index contributed by atoms with van der Waals surface area (Å²) in [4.78, 5) is 26.2. The Balaban J connectivity index is 1.99. The lowest BCUT2D eigenvalue weighted by molar-refractivity contribution is -0.0459. The van der Waals surface area contributed by atoms with Crippen LogP contribution in [-0.4, -0.2) is 38.6 Å². The van der Waals surface area contributed by atoms with Gasteiger partial charge in [-0.3, -0.25) is 14.3 Å². The number of rotatable bonds is 8. The molecule has 1 aliphatic heterocycles. The first-order valence-electron chi connectivity index (χ1n) is 9.35. The first-order chi connectivity index (χ1) is 12.6.